The summed E-state index contributed by atoms with van der Waals surface area (Å²) in [6, 6.07) is 5.70. The number of amides is 1. The molecular weight excluding hydrogens is 301 g/mol. The maximum Gasteiger partial charge on any atom is 0.415 e. The van der Waals surface area contributed by atoms with E-state index in [1.807, 2.05) is 0 Å². The number of carbonyl (C=O) groups is 1. The number of aliphatic hydroxyl groups is 1. The molecule has 1 amide bonds. The molecule has 2 unspecified atom stereocenters. The topological polar surface area (TPSA) is 61.8 Å². The van der Waals surface area contributed by atoms with Crippen molar-refractivity contribution in [1.82, 2.24) is 4.90 Å². The Hall–Kier alpha value is -1.80. The highest BCUT2D eigenvalue weighted by Crippen LogP contribution is 2.21. The highest BCUT2D eigenvalue weighted by atomic mass is 19.4. The van der Waals surface area contributed by atoms with Crippen molar-refractivity contribution >= 4 is 11.6 Å². The Morgan fingerprint density at radius 2 is 1.91 bits per heavy atom. The number of benzene rings is 1. The van der Waals surface area contributed by atoms with Crippen molar-refractivity contribution in [2.45, 2.75) is 25.2 Å². The molecule has 0 saturated carbocycles. The van der Waals surface area contributed by atoms with E-state index in [4.69, 9.17) is 9.84 Å². The van der Waals surface area contributed by atoms with Crippen LogP contribution in [-0.4, -0.2) is 54.9 Å². The molecule has 0 heterocycles. The zero-order valence-corrected chi connectivity index (χ0v) is 12.5. The van der Waals surface area contributed by atoms with E-state index in [-0.39, 0.29) is 0 Å². The first-order valence-corrected chi connectivity index (χ1v) is 6.55. The molecule has 1 aromatic rings. The number of halogens is 3. The van der Waals surface area contributed by atoms with Crippen LogP contribution in [0.3, 0.4) is 0 Å². The van der Waals surface area contributed by atoms with Crippen LogP contribution >= 0.6 is 0 Å². The summed E-state index contributed by atoms with van der Waals surface area (Å²) >= 11 is 0. The van der Waals surface area contributed by atoms with E-state index in [9.17, 15) is 18.0 Å². The monoisotopic (exact) mass is 320 g/mol. The summed E-state index contributed by atoms with van der Waals surface area (Å²) in [4.78, 5) is 13.1. The number of aliphatic hydroxyl groups excluding tert-OH is 1. The van der Waals surface area contributed by atoms with Crippen molar-refractivity contribution in [2.24, 2.45) is 0 Å². The number of ether oxygens (including phenoxy) is 1. The molecule has 0 aromatic heterocycles. The lowest BCUT2D eigenvalue weighted by molar-refractivity contribution is -0.208. The molecule has 22 heavy (non-hydrogen) atoms. The van der Waals surface area contributed by atoms with Gasteiger partial charge in [0.15, 0.2) is 6.10 Å². The van der Waals surface area contributed by atoms with Gasteiger partial charge in [-0.1, -0.05) is 0 Å². The SMILES string of the molecule is COc1ccc(NC(=O)C(C)N(C)CC(O)C(F)(F)F)cc1. The van der Waals surface area contributed by atoms with Crippen LogP contribution in [0.4, 0.5) is 18.9 Å². The first-order valence-electron chi connectivity index (χ1n) is 6.55. The van der Waals surface area contributed by atoms with Gasteiger partial charge in [-0.25, -0.2) is 0 Å². The number of carbonyl (C=O) groups excluding carboxylic acids is 1. The van der Waals surface area contributed by atoms with Crippen LogP contribution in [-0.2, 0) is 4.79 Å². The highest BCUT2D eigenvalue weighted by molar-refractivity contribution is 5.94. The summed E-state index contributed by atoms with van der Waals surface area (Å²) in [5.41, 5.74) is 0.502. The van der Waals surface area contributed by atoms with Crippen molar-refractivity contribution in [3.05, 3.63) is 24.3 Å². The molecular formula is C14H19F3N2O3. The lowest BCUT2D eigenvalue weighted by Crippen LogP contribution is -2.46. The molecule has 0 spiro atoms. The zero-order chi connectivity index (χ0) is 16.9. The summed E-state index contributed by atoms with van der Waals surface area (Å²) in [5, 5.41) is 11.6. The van der Waals surface area contributed by atoms with Gasteiger partial charge in [0, 0.05) is 12.2 Å². The number of anilines is 1. The molecule has 0 radical (unpaired) electrons. The minimum Gasteiger partial charge on any atom is -0.497 e. The smallest absolute Gasteiger partial charge is 0.415 e. The average Bonchev–Trinajstić information content (AvgIpc) is 2.46. The molecule has 0 bridgehead atoms. The molecule has 0 fully saturated rings. The molecule has 124 valence electrons. The molecule has 0 aliphatic carbocycles. The third kappa shape index (κ3) is 5.19. The first-order chi connectivity index (χ1) is 10.1. The van der Waals surface area contributed by atoms with E-state index >= 15 is 0 Å². The normalized spacial score (nSPS) is 14.5. The molecule has 5 nitrogen and oxygen atoms in total. The Labute approximate surface area is 126 Å². The number of nitrogens with zero attached hydrogens (tertiary/aromatic N) is 1. The third-order valence-corrected chi connectivity index (χ3v) is 3.24. The average molecular weight is 320 g/mol. The predicted molar refractivity (Wildman–Crippen MR) is 75.8 cm³/mol. The largest absolute Gasteiger partial charge is 0.497 e. The second-order valence-corrected chi connectivity index (χ2v) is 4.89. The predicted octanol–water partition coefficient (Wildman–Crippen LogP) is 1.88. The second-order valence-electron chi connectivity index (χ2n) is 4.89. The fourth-order valence-electron chi connectivity index (χ4n) is 1.66. The van der Waals surface area contributed by atoms with Gasteiger partial charge in [0.2, 0.25) is 5.91 Å². The zero-order valence-electron chi connectivity index (χ0n) is 12.5. The fourth-order valence-corrected chi connectivity index (χ4v) is 1.66. The van der Waals surface area contributed by atoms with Crippen molar-refractivity contribution in [3.8, 4) is 5.75 Å². The van der Waals surface area contributed by atoms with Gasteiger partial charge >= 0.3 is 6.18 Å². The molecule has 8 heteroatoms. The van der Waals surface area contributed by atoms with Gasteiger partial charge in [0.05, 0.1) is 13.2 Å². The van der Waals surface area contributed by atoms with Crippen molar-refractivity contribution in [3.63, 3.8) is 0 Å². The van der Waals surface area contributed by atoms with E-state index < -0.39 is 30.8 Å². The highest BCUT2D eigenvalue weighted by Gasteiger charge is 2.39. The quantitative estimate of drug-likeness (QED) is 0.840. The number of methoxy groups -OCH3 is 1. The number of hydrogen-bond acceptors (Lipinski definition) is 4. The molecule has 0 aliphatic rings. The Bertz CT molecular complexity index is 491. The fraction of sp³-hybridized carbons (Fsp3) is 0.500. The summed E-state index contributed by atoms with van der Waals surface area (Å²) in [6.07, 6.45) is -7.20. The van der Waals surface area contributed by atoms with Crippen molar-refractivity contribution < 1.29 is 27.8 Å². The second kappa shape index (κ2) is 7.46. The third-order valence-electron chi connectivity index (χ3n) is 3.24. The summed E-state index contributed by atoms with van der Waals surface area (Å²) < 4.78 is 41.9. The number of likely N-dealkylation sites (N-methyl/N-ethyl adjacent to an activating group) is 1. The van der Waals surface area contributed by atoms with Gasteiger partial charge in [0.1, 0.15) is 5.75 Å². The van der Waals surface area contributed by atoms with Crippen molar-refractivity contribution in [1.29, 1.82) is 0 Å². The van der Waals surface area contributed by atoms with Crippen LogP contribution in [0.15, 0.2) is 24.3 Å². The van der Waals surface area contributed by atoms with E-state index in [2.05, 4.69) is 5.32 Å². The molecule has 1 rings (SSSR count). The maximum absolute atomic E-state index is 12.3. The van der Waals surface area contributed by atoms with E-state index in [0.29, 0.717) is 11.4 Å². The van der Waals surface area contributed by atoms with Crippen LogP contribution in [0.5, 0.6) is 5.75 Å². The Kier molecular flexibility index (Phi) is 6.19. The Balaban J connectivity index is 2.59. The molecule has 0 aliphatic heterocycles. The van der Waals surface area contributed by atoms with Gasteiger partial charge in [0.25, 0.3) is 0 Å². The van der Waals surface area contributed by atoms with Gasteiger partial charge in [-0.05, 0) is 38.2 Å². The van der Waals surface area contributed by atoms with Crippen LogP contribution < -0.4 is 10.1 Å². The lowest BCUT2D eigenvalue weighted by Gasteiger charge is -2.27. The molecule has 0 saturated heterocycles. The Morgan fingerprint density at radius 3 is 2.36 bits per heavy atom. The van der Waals surface area contributed by atoms with Crippen LogP contribution in [0.2, 0.25) is 0 Å². The maximum atomic E-state index is 12.3. The van der Waals surface area contributed by atoms with Gasteiger partial charge < -0.3 is 15.2 Å². The van der Waals surface area contributed by atoms with Gasteiger partial charge in [-0.3, -0.25) is 9.69 Å². The van der Waals surface area contributed by atoms with E-state index in [1.165, 1.54) is 21.1 Å². The number of alkyl halides is 3. The summed E-state index contributed by atoms with van der Waals surface area (Å²) in [7, 11) is 2.85. The molecule has 2 atom stereocenters. The van der Waals surface area contributed by atoms with Crippen LogP contribution in [0, 0.1) is 0 Å². The number of nitrogens with one attached hydrogen (secondary N) is 1. The standard InChI is InChI=1S/C14H19F3N2O3/c1-9(19(2)8-12(20)14(15,16)17)13(21)18-10-4-6-11(22-3)7-5-10/h4-7,9,12,20H,8H2,1-3H3,(H,18,21). The number of hydrogen-bond donors (Lipinski definition) is 2. The van der Waals surface area contributed by atoms with Gasteiger partial charge in [-0.15, -0.1) is 0 Å². The summed E-state index contributed by atoms with van der Waals surface area (Å²) in [6.45, 7) is 0.780. The first kappa shape index (κ1) is 18.2. The molecule has 2 N–H and O–H groups in total. The minimum absolute atomic E-state index is 0.470. The van der Waals surface area contributed by atoms with Gasteiger partial charge in [-0.2, -0.15) is 13.2 Å². The van der Waals surface area contributed by atoms with Crippen molar-refractivity contribution in [2.75, 3.05) is 26.0 Å². The molecule has 1 aromatic carbocycles. The summed E-state index contributed by atoms with van der Waals surface area (Å²) in [5.74, 6) is 0.151. The number of rotatable bonds is 6. The van der Waals surface area contributed by atoms with Crippen LogP contribution in [0.1, 0.15) is 6.92 Å². The minimum atomic E-state index is -4.71. The lowest BCUT2D eigenvalue weighted by atomic mass is 10.2. The van der Waals surface area contributed by atoms with E-state index in [0.717, 1.165) is 4.90 Å². The van der Waals surface area contributed by atoms with E-state index in [1.54, 1.807) is 24.3 Å². The Morgan fingerprint density at radius 1 is 1.36 bits per heavy atom. The van der Waals surface area contributed by atoms with Crippen LogP contribution in [0.25, 0.3) is 0 Å².